The smallest absolute Gasteiger partial charge is 0.359 e. The number of aromatic nitrogens is 2. The Morgan fingerprint density at radius 1 is 1.15 bits per heavy atom. The highest BCUT2D eigenvalue weighted by molar-refractivity contribution is 7.98. The van der Waals surface area contributed by atoms with E-state index in [9.17, 15) is 9.59 Å². The van der Waals surface area contributed by atoms with Crippen LogP contribution in [0.3, 0.4) is 0 Å². The molecule has 0 aliphatic carbocycles. The molecule has 1 aromatic carbocycles. The fourth-order valence-corrected chi connectivity index (χ4v) is 3.18. The fraction of sp³-hybridized carbons (Fsp3) is 0.250. The lowest BCUT2D eigenvalue weighted by atomic mass is 10.0. The van der Waals surface area contributed by atoms with Crippen molar-refractivity contribution in [2.45, 2.75) is 24.9 Å². The van der Waals surface area contributed by atoms with Crippen molar-refractivity contribution in [2.75, 3.05) is 12.9 Å². The van der Waals surface area contributed by atoms with Crippen LogP contribution in [0.15, 0.2) is 53.8 Å². The van der Waals surface area contributed by atoms with Gasteiger partial charge in [0.15, 0.2) is 23.2 Å². The number of ketones is 1. The fourth-order valence-electron chi connectivity index (χ4n) is 2.64. The second-order valence-corrected chi connectivity index (χ2v) is 6.95. The number of Topliss-reactive ketones (excluding diaryl/α,β-unsaturated/α-hetero) is 1. The minimum atomic E-state index is -0.596. The molecule has 0 radical (unpaired) electrons. The van der Waals surface area contributed by atoms with E-state index in [4.69, 9.17) is 4.74 Å². The van der Waals surface area contributed by atoms with Crippen LogP contribution < -0.4 is 0 Å². The predicted molar refractivity (Wildman–Crippen MR) is 102 cm³/mol. The molecule has 0 saturated carbocycles. The molecule has 0 fully saturated rings. The van der Waals surface area contributed by atoms with Gasteiger partial charge in [-0.2, -0.15) is 0 Å². The van der Waals surface area contributed by atoms with E-state index in [1.54, 1.807) is 18.2 Å². The molecule has 0 N–H and O–H groups in total. The molecule has 3 aromatic rings. The Bertz CT molecular complexity index is 945. The lowest BCUT2D eigenvalue weighted by Gasteiger charge is -2.07. The molecule has 6 heteroatoms. The van der Waals surface area contributed by atoms with Gasteiger partial charge >= 0.3 is 5.97 Å². The molecule has 0 atom stereocenters. The number of carbonyl (C=O) groups excluding carboxylic acids is 2. The highest BCUT2D eigenvalue weighted by Gasteiger charge is 2.19. The maximum Gasteiger partial charge on any atom is 0.359 e. The van der Waals surface area contributed by atoms with Gasteiger partial charge in [-0.15, -0.1) is 0 Å². The minimum absolute atomic E-state index is 0.220. The number of hydrogen-bond donors (Lipinski definition) is 0. The first-order valence-corrected chi connectivity index (χ1v) is 9.55. The first-order chi connectivity index (χ1) is 12.5. The van der Waals surface area contributed by atoms with Crippen LogP contribution in [0, 0.1) is 0 Å². The topological polar surface area (TPSA) is 60.7 Å². The number of fused-ring (bicyclic) bond motifs is 1. The van der Waals surface area contributed by atoms with E-state index in [-0.39, 0.29) is 18.1 Å². The van der Waals surface area contributed by atoms with E-state index in [0.717, 1.165) is 5.56 Å². The van der Waals surface area contributed by atoms with Crippen molar-refractivity contribution in [3.63, 3.8) is 0 Å². The Hall–Kier alpha value is -2.60. The number of hydrogen-bond acceptors (Lipinski definition) is 5. The van der Waals surface area contributed by atoms with Crippen molar-refractivity contribution in [1.29, 1.82) is 0 Å². The zero-order valence-electron chi connectivity index (χ0n) is 14.9. The van der Waals surface area contributed by atoms with Crippen molar-refractivity contribution >= 4 is 29.0 Å². The van der Waals surface area contributed by atoms with Crippen LogP contribution in [-0.2, 0) is 4.74 Å². The Labute approximate surface area is 156 Å². The number of carbonyl (C=O) groups is 2. The van der Waals surface area contributed by atoms with Crippen molar-refractivity contribution in [3.05, 3.63) is 65.5 Å². The summed E-state index contributed by atoms with van der Waals surface area (Å²) >= 11 is 1.44. The summed E-state index contributed by atoms with van der Waals surface area (Å²) in [4.78, 5) is 29.0. The molecule has 134 valence electrons. The summed E-state index contributed by atoms with van der Waals surface area (Å²) in [5, 5.41) is 0.697. The summed E-state index contributed by atoms with van der Waals surface area (Å²) in [6.07, 6.45) is 3.73. The van der Waals surface area contributed by atoms with Gasteiger partial charge in [-0.25, -0.2) is 9.78 Å². The van der Waals surface area contributed by atoms with Crippen molar-refractivity contribution in [2.24, 2.45) is 0 Å². The Morgan fingerprint density at radius 3 is 2.54 bits per heavy atom. The molecule has 0 aliphatic rings. The third-order valence-corrected chi connectivity index (χ3v) is 4.78. The van der Waals surface area contributed by atoms with E-state index in [0.29, 0.717) is 22.2 Å². The average molecular weight is 368 g/mol. The first kappa shape index (κ1) is 18.2. The number of pyridine rings is 1. The SMILES string of the molecule is CSc1nc(C(=O)OCC(=O)c2ccc(C(C)C)cc2)c2ccccn12. The first-order valence-electron chi connectivity index (χ1n) is 8.32. The summed E-state index contributed by atoms with van der Waals surface area (Å²) < 4.78 is 7.04. The van der Waals surface area contributed by atoms with Gasteiger partial charge in [0.2, 0.25) is 0 Å². The number of rotatable bonds is 6. The second kappa shape index (κ2) is 7.74. The Balaban J connectivity index is 1.72. The molecule has 0 amide bonds. The van der Waals surface area contributed by atoms with E-state index in [2.05, 4.69) is 18.8 Å². The lowest BCUT2D eigenvalue weighted by molar-refractivity contribution is 0.0471. The van der Waals surface area contributed by atoms with E-state index >= 15 is 0 Å². The van der Waals surface area contributed by atoms with Crippen LogP contribution in [0.25, 0.3) is 5.52 Å². The second-order valence-electron chi connectivity index (χ2n) is 6.18. The number of imidazole rings is 1. The van der Waals surface area contributed by atoms with Gasteiger partial charge in [0.1, 0.15) is 0 Å². The average Bonchev–Trinajstić information content (AvgIpc) is 3.05. The maximum atomic E-state index is 12.4. The summed E-state index contributed by atoms with van der Waals surface area (Å²) in [5.74, 6) is -0.430. The minimum Gasteiger partial charge on any atom is -0.453 e. The third-order valence-electron chi connectivity index (χ3n) is 4.13. The summed E-state index contributed by atoms with van der Waals surface area (Å²) in [6, 6.07) is 12.9. The summed E-state index contributed by atoms with van der Waals surface area (Å²) in [7, 11) is 0. The molecule has 0 aliphatic heterocycles. The molecule has 2 heterocycles. The Kier molecular flexibility index (Phi) is 5.42. The van der Waals surface area contributed by atoms with Gasteiger partial charge in [0.25, 0.3) is 0 Å². The predicted octanol–water partition coefficient (Wildman–Crippen LogP) is 4.22. The molecule has 0 unspecified atom stereocenters. The summed E-state index contributed by atoms with van der Waals surface area (Å²) in [6.45, 7) is 3.88. The van der Waals surface area contributed by atoms with Gasteiger partial charge in [-0.05, 0) is 29.9 Å². The van der Waals surface area contributed by atoms with Crippen LogP contribution in [0.4, 0.5) is 0 Å². The quantitative estimate of drug-likeness (QED) is 0.370. The van der Waals surface area contributed by atoms with Crippen molar-refractivity contribution in [3.8, 4) is 0 Å². The highest BCUT2D eigenvalue weighted by Crippen LogP contribution is 2.20. The van der Waals surface area contributed by atoms with Crippen LogP contribution in [0.1, 0.15) is 46.2 Å². The number of benzene rings is 1. The van der Waals surface area contributed by atoms with Gasteiger partial charge in [0, 0.05) is 11.8 Å². The van der Waals surface area contributed by atoms with Crippen molar-refractivity contribution < 1.29 is 14.3 Å². The van der Waals surface area contributed by atoms with Gasteiger partial charge in [0.05, 0.1) is 5.52 Å². The zero-order chi connectivity index (χ0) is 18.7. The molecule has 0 saturated heterocycles. The summed E-state index contributed by atoms with van der Waals surface area (Å²) in [5.41, 5.74) is 2.57. The highest BCUT2D eigenvalue weighted by atomic mass is 32.2. The van der Waals surface area contributed by atoms with E-state index in [1.807, 2.05) is 41.1 Å². The van der Waals surface area contributed by atoms with E-state index < -0.39 is 5.97 Å². The monoisotopic (exact) mass is 368 g/mol. The molecule has 5 nitrogen and oxygen atoms in total. The van der Waals surface area contributed by atoms with Crippen LogP contribution in [0.5, 0.6) is 0 Å². The Morgan fingerprint density at radius 2 is 1.88 bits per heavy atom. The van der Waals surface area contributed by atoms with Crippen molar-refractivity contribution in [1.82, 2.24) is 9.38 Å². The number of ether oxygens (including phenoxy) is 1. The molecule has 3 rings (SSSR count). The largest absolute Gasteiger partial charge is 0.453 e. The molecule has 0 bridgehead atoms. The molecule has 2 aromatic heterocycles. The molecule has 0 spiro atoms. The number of thioether (sulfide) groups is 1. The molecular weight excluding hydrogens is 348 g/mol. The third kappa shape index (κ3) is 3.65. The standard InChI is InChI=1S/C20H20N2O3S/c1-13(2)14-7-9-15(10-8-14)17(23)12-25-19(24)18-16-6-4-5-11-22(16)20(21-18)26-3/h4-11,13H,12H2,1-3H3. The van der Waals surface area contributed by atoms with Gasteiger partial charge < -0.3 is 4.74 Å². The van der Waals surface area contributed by atoms with Crippen LogP contribution >= 0.6 is 11.8 Å². The normalized spacial score (nSPS) is 11.1. The lowest BCUT2D eigenvalue weighted by Crippen LogP contribution is -2.15. The maximum absolute atomic E-state index is 12.4. The van der Waals surface area contributed by atoms with Crippen LogP contribution in [0.2, 0.25) is 0 Å². The van der Waals surface area contributed by atoms with Gasteiger partial charge in [-0.3, -0.25) is 9.20 Å². The van der Waals surface area contributed by atoms with Gasteiger partial charge in [-0.1, -0.05) is 55.9 Å². The number of nitrogens with zero attached hydrogens (tertiary/aromatic N) is 2. The molecular formula is C20H20N2O3S. The zero-order valence-corrected chi connectivity index (χ0v) is 15.7. The van der Waals surface area contributed by atoms with Crippen LogP contribution in [-0.4, -0.2) is 34.0 Å². The van der Waals surface area contributed by atoms with E-state index in [1.165, 1.54) is 11.8 Å². The molecule has 26 heavy (non-hydrogen) atoms. The number of esters is 1.